The summed E-state index contributed by atoms with van der Waals surface area (Å²) in [5, 5.41) is 7.61. The highest BCUT2D eigenvalue weighted by Gasteiger charge is 2.23. The van der Waals surface area contributed by atoms with Crippen molar-refractivity contribution in [1.29, 1.82) is 0 Å². The Bertz CT molecular complexity index is 488. The number of likely N-dealkylation sites (N-methyl/N-ethyl adjacent to an activating group) is 1. The third-order valence-corrected chi connectivity index (χ3v) is 5.17. The van der Waals surface area contributed by atoms with Crippen molar-refractivity contribution in [3.05, 3.63) is 44.8 Å². The predicted molar refractivity (Wildman–Crippen MR) is 86.4 cm³/mol. The molecule has 20 heavy (non-hydrogen) atoms. The van der Waals surface area contributed by atoms with Crippen LogP contribution in [0.4, 0.5) is 0 Å². The van der Waals surface area contributed by atoms with Crippen LogP contribution in [0.2, 0.25) is 0 Å². The molecule has 5 heteroatoms. The van der Waals surface area contributed by atoms with Crippen LogP contribution in [0.1, 0.15) is 29.6 Å². The first-order valence-electron chi connectivity index (χ1n) is 6.71. The third kappa shape index (κ3) is 3.48. The first kappa shape index (κ1) is 15.2. The molecule has 2 rings (SSSR count). The highest BCUT2D eigenvalue weighted by molar-refractivity contribution is 7.11. The van der Waals surface area contributed by atoms with Crippen LogP contribution in [0.15, 0.2) is 35.0 Å². The second-order valence-electron chi connectivity index (χ2n) is 4.70. The molecule has 0 radical (unpaired) electrons. The number of nitrogens with zero attached hydrogens (tertiary/aromatic N) is 1. The van der Waals surface area contributed by atoms with E-state index in [0.717, 1.165) is 6.54 Å². The molecular weight excluding hydrogens is 288 g/mol. The lowest BCUT2D eigenvalue weighted by Gasteiger charge is -2.25. The van der Waals surface area contributed by atoms with Gasteiger partial charge in [-0.2, -0.15) is 0 Å². The van der Waals surface area contributed by atoms with Crippen LogP contribution in [0, 0.1) is 0 Å². The fraction of sp³-hybridized carbons (Fsp3) is 0.400. The van der Waals surface area contributed by atoms with E-state index in [1.165, 1.54) is 9.75 Å². The highest BCUT2D eigenvalue weighted by Crippen LogP contribution is 2.29. The van der Waals surface area contributed by atoms with Gasteiger partial charge in [-0.3, -0.25) is 10.1 Å². The van der Waals surface area contributed by atoms with Crippen molar-refractivity contribution in [1.82, 2.24) is 10.2 Å². The van der Waals surface area contributed by atoms with E-state index in [0.29, 0.717) is 0 Å². The summed E-state index contributed by atoms with van der Waals surface area (Å²) in [6, 6.07) is 8.22. The molecule has 0 spiro atoms. The van der Waals surface area contributed by atoms with Gasteiger partial charge in [-0.1, -0.05) is 12.1 Å². The van der Waals surface area contributed by atoms with E-state index in [2.05, 4.69) is 28.2 Å². The van der Waals surface area contributed by atoms with Gasteiger partial charge in [-0.15, -0.1) is 22.7 Å². The minimum Gasteiger partial charge on any atom is -0.345 e. The third-order valence-electron chi connectivity index (χ3n) is 3.29. The number of carbonyl (C=O) groups excluding carboxylic acids is 1. The summed E-state index contributed by atoms with van der Waals surface area (Å²) in [5.74, 6) is 0.130. The van der Waals surface area contributed by atoms with E-state index >= 15 is 0 Å². The number of amides is 1. The van der Waals surface area contributed by atoms with E-state index in [-0.39, 0.29) is 18.0 Å². The molecule has 0 fully saturated rings. The molecule has 1 N–H and O–H groups in total. The summed E-state index contributed by atoms with van der Waals surface area (Å²) in [6.07, 6.45) is 0. The van der Waals surface area contributed by atoms with Crippen molar-refractivity contribution in [2.75, 3.05) is 13.6 Å². The quantitative estimate of drug-likeness (QED) is 0.887. The van der Waals surface area contributed by atoms with Crippen LogP contribution in [-0.4, -0.2) is 30.4 Å². The van der Waals surface area contributed by atoms with Gasteiger partial charge in [-0.05, 0) is 36.7 Å². The molecular formula is C15H20N2OS2. The molecule has 0 bridgehead atoms. The minimum atomic E-state index is -0.200. The normalized spacial score (nSPS) is 12.6. The largest absolute Gasteiger partial charge is 0.345 e. The molecule has 1 amide bonds. The second kappa shape index (κ2) is 7.02. The lowest BCUT2D eigenvalue weighted by Crippen LogP contribution is -2.44. The lowest BCUT2D eigenvalue weighted by atomic mass is 10.1. The second-order valence-corrected chi connectivity index (χ2v) is 6.66. The average Bonchev–Trinajstić information content (AvgIpc) is 3.15. The van der Waals surface area contributed by atoms with Crippen molar-refractivity contribution in [3.63, 3.8) is 0 Å². The Morgan fingerprint density at radius 2 is 1.80 bits per heavy atom. The molecule has 2 aromatic rings. The topological polar surface area (TPSA) is 32.3 Å². The smallest absolute Gasteiger partial charge is 0.239 e. The van der Waals surface area contributed by atoms with E-state index in [1.807, 2.05) is 33.0 Å². The number of hydrogen-bond donors (Lipinski definition) is 1. The fourth-order valence-corrected chi connectivity index (χ4v) is 3.70. The van der Waals surface area contributed by atoms with Gasteiger partial charge in [0.25, 0.3) is 0 Å². The first-order chi connectivity index (χ1) is 9.63. The zero-order chi connectivity index (χ0) is 14.5. The molecule has 2 aromatic heterocycles. The molecule has 0 aliphatic heterocycles. The van der Waals surface area contributed by atoms with Crippen LogP contribution in [0.5, 0.6) is 0 Å². The van der Waals surface area contributed by atoms with Gasteiger partial charge in [0.1, 0.15) is 0 Å². The minimum absolute atomic E-state index is 0.0965. The Kier molecular flexibility index (Phi) is 5.34. The fourth-order valence-electron chi connectivity index (χ4n) is 2.02. The Morgan fingerprint density at radius 3 is 2.20 bits per heavy atom. The van der Waals surface area contributed by atoms with Gasteiger partial charge < -0.3 is 4.90 Å². The Hall–Kier alpha value is -1.17. The molecule has 0 saturated heterocycles. The first-order valence-corrected chi connectivity index (χ1v) is 8.47. The Morgan fingerprint density at radius 1 is 1.25 bits per heavy atom. The number of thiophene rings is 2. The van der Waals surface area contributed by atoms with E-state index in [9.17, 15) is 4.79 Å². The molecule has 1 unspecified atom stereocenters. The van der Waals surface area contributed by atoms with Crippen LogP contribution in [0.25, 0.3) is 0 Å². The van der Waals surface area contributed by atoms with E-state index in [1.54, 1.807) is 27.6 Å². The number of nitrogens with one attached hydrogen (secondary N) is 1. The summed E-state index contributed by atoms with van der Waals surface area (Å²) < 4.78 is 0. The lowest BCUT2D eigenvalue weighted by molar-refractivity contribution is -0.131. The Balaban J connectivity index is 2.15. The van der Waals surface area contributed by atoms with Gasteiger partial charge >= 0.3 is 0 Å². The number of carbonyl (C=O) groups is 1. The molecule has 108 valence electrons. The molecule has 2 heterocycles. The van der Waals surface area contributed by atoms with Crippen LogP contribution >= 0.6 is 22.7 Å². The highest BCUT2D eigenvalue weighted by atomic mass is 32.1. The van der Waals surface area contributed by atoms with Gasteiger partial charge in [-0.25, -0.2) is 0 Å². The summed E-state index contributed by atoms with van der Waals surface area (Å²) in [5.41, 5.74) is 0. The standard InChI is InChI=1S/C15H20N2OS2/c1-4-17(3)15(18)11(2)16-14(12-7-5-9-19-12)13-8-6-10-20-13/h5-11,14,16H,4H2,1-3H3. The van der Waals surface area contributed by atoms with Crippen molar-refractivity contribution in [2.45, 2.75) is 25.9 Å². The van der Waals surface area contributed by atoms with Crippen LogP contribution in [-0.2, 0) is 4.79 Å². The van der Waals surface area contributed by atoms with Gasteiger partial charge in [0, 0.05) is 23.3 Å². The summed E-state index contributed by atoms with van der Waals surface area (Å²) in [7, 11) is 1.84. The maximum Gasteiger partial charge on any atom is 0.239 e. The van der Waals surface area contributed by atoms with E-state index in [4.69, 9.17) is 0 Å². The summed E-state index contributed by atoms with van der Waals surface area (Å²) in [6.45, 7) is 4.65. The molecule has 0 saturated carbocycles. The average molecular weight is 308 g/mol. The maximum absolute atomic E-state index is 12.2. The summed E-state index contributed by atoms with van der Waals surface area (Å²) in [4.78, 5) is 16.5. The number of hydrogen-bond acceptors (Lipinski definition) is 4. The van der Waals surface area contributed by atoms with E-state index < -0.39 is 0 Å². The van der Waals surface area contributed by atoms with Gasteiger partial charge in [0.15, 0.2) is 0 Å². The zero-order valence-electron chi connectivity index (χ0n) is 12.0. The Labute approximate surface area is 128 Å². The molecule has 0 aliphatic carbocycles. The van der Waals surface area contributed by atoms with Crippen molar-refractivity contribution < 1.29 is 4.79 Å². The van der Waals surface area contributed by atoms with Crippen LogP contribution in [0.3, 0.4) is 0 Å². The van der Waals surface area contributed by atoms with Crippen LogP contribution < -0.4 is 5.32 Å². The molecule has 1 atom stereocenters. The predicted octanol–water partition coefficient (Wildman–Crippen LogP) is 3.36. The maximum atomic E-state index is 12.2. The number of rotatable bonds is 6. The SMILES string of the molecule is CCN(C)C(=O)C(C)NC(c1cccs1)c1cccs1. The molecule has 3 nitrogen and oxygen atoms in total. The summed E-state index contributed by atoms with van der Waals surface area (Å²) >= 11 is 3.43. The molecule has 0 aliphatic rings. The van der Waals surface area contributed by atoms with Gasteiger partial charge in [0.05, 0.1) is 12.1 Å². The van der Waals surface area contributed by atoms with Gasteiger partial charge in [0.2, 0.25) is 5.91 Å². The van der Waals surface area contributed by atoms with Crippen molar-refractivity contribution in [2.24, 2.45) is 0 Å². The monoisotopic (exact) mass is 308 g/mol. The van der Waals surface area contributed by atoms with Crippen molar-refractivity contribution >= 4 is 28.6 Å². The van der Waals surface area contributed by atoms with Crippen molar-refractivity contribution in [3.8, 4) is 0 Å². The zero-order valence-corrected chi connectivity index (χ0v) is 13.6. The molecule has 0 aromatic carbocycles.